The highest BCUT2D eigenvalue weighted by Crippen LogP contribution is 2.17. The average Bonchev–Trinajstić information content (AvgIpc) is 2.38. The molecule has 2 rings (SSSR count). The third kappa shape index (κ3) is 2.65. The number of nitrogens with zero attached hydrogens (tertiary/aromatic N) is 1. The van der Waals surface area contributed by atoms with Gasteiger partial charge in [-0.1, -0.05) is 18.2 Å². The maximum absolute atomic E-state index is 12.1. The van der Waals surface area contributed by atoms with Gasteiger partial charge < -0.3 is 10.6 Å². The van der Waals surface area contributed by atoms with Crippen LogP contribution in [-0.4, -0.2) is 31.0 Å². The summed E-state index contributed by atoms with van der Waals surface area (Å²) in [6.07, 6.45) is 0. The smallest absolute Gasteiger partial charge is 0.252 e. The topological polar surface area (TPSA) is 54.0 Å². The minimum absolute atomic E-state index is 0.0491. The first kappa shape index (κ1) is 12.5. The van der Waals surface area contributed by atoms with E-state index in [0.29, 0.717) is 12.1 Å². The number of pyridine rings is 1. The molecular weight excluding hydrogens is 226 g/mol. The van der Waals surface area contributed by atoms with Crippen molar-refractivity contribution in [3.8, 4) is 0 Å². The number of benzene rings is 1. The van der Waals surface area contributed by atoms with Gasteiger partial charge >= 0.3 is 0 Å². The van der Waals surface area contributed by atoms with Crippen LogP contribution in [0, 0.1) is 6.92 Å². The Kier molecular flexibility index (Phi) is 3.89. The summed E-state index contributed by atoms with van der Waals surface area (Å²) in [5.74, 6) is -0.0491. The zero-order valence-electron chi connectivity index (χ0n) is 10.7. The lowest BCUT2D eigenvalue weighted by molar-refractivity contribution is 0.0955. The van der Waals surface area contributed by atoms with Gasteiger partial charge in [-0.05, 0) is 26.1 Å². The van der Waals surface area contributed by atoms with Crippen molar-refractivity contribution in [1.82, 2.24) is 15.6 Å². The molecule has 2 aromatic rings. The molecule has 0 spiro atoms. The average molecular weight is 243 g/mol. The summed E-state index contributed by atoms with van der Waals surface area (Å²) in [5.41, 5.74) is 2.40. The summed E-state index contributed by atoms with van der Waals surface area (Å²) in [7, 11) is 1.86. The fourth-order valence-corrected chi connectivity index (χ4v) is 1.89. The van der Waals surface area contributed by atoms with Crippen molar-refractivity contribution in [2.75, 3.05) is 20.1 Å². The number of carbonyl (C=O) groups excluding carboxylic acids is 1. The Bertz CT molecular complexity index is 566. The van der Waals surface area contributed by atoms with Crippen molar-refractivity contribution in [2.45, 2.75) is 6.92 Å². The number of aromatic nitrogens is 1. The number of aryl methyl sites for hydroxylation is 1. The molecule has 94 valence electrons. The third-order valence-electron chi connectivity index (χ3n) is 2.75. The van der Waals surface area contributed by atoms with Crippen LogP contribution in [0.5, 0.6) is 0 Å². The van der Waals surface area contributed by atoms with Gasteiger partial charge in [-0.25, -0.2) is 0 Å². The predicted molar refractivity (Wildman–Crippen MR) is 72.7 cm³/mol. The summed E-state index contributed by atoms with van der Waals surface area (Å²) in [6, 6.07) is 9.53. The zero-order chi connectivity index (χ0) is 13.0. The molecule has 0 aliphatic heterocycles. The highest BCUT2D eigenvalue weighted by molar-refractivity contribution is 6.06. The summed E-state index contributed by atoms with van der Waals surface area (Å²) >= 11 is 0. The Morgan fingerprint density at radius 1 is 1.28 bits per heavy atom. The second-order valence-electron chi connectivity index (χ2n) is 4.19. The van der Waals surface area contributed by atoms with E-state index in [4.69, 9.17) is 0 Å². The SMILES string of the molecule is CNCCNC(=O)c1cc(C)nc2ccccc12. The van der Waals surface area contributed by atoms with Crippen LogP contribution in [0.15, 0.2) is 30.3 Å². The van der Waals surface area contributed by atoms with E-state index < -0.39 is 0 Å². The molecule has 1 amide bonds. The first-order chi connectivity index (χ1) is 8.72. The summed E-state index contributed by atoms with van der Waals surface area (Å²) in [4.78, 5) is 16.5. The number of fused-ring (bicyclic) bond motifs is 1. The Balaban J connectivity index is 2.34. The van der Waals surface area contributed by atoms with E-state index in [-0.39, 0.29) is 5.91 Å². The molecule has 1 aromatic heterocycles. The highest BCUT2D eigenvalue weighted by Gasteiger charge is 2.10. The Morgan fingerprint density at radius 2 is 2.06 bits per heavy atom. The van der Waals surface area contributed by atoms with Gasteiger partial charge in [-0.2, -0.15) is 0 Å². The van der Waals surface area contributed by atoms with Crippen LogP contribution in [-0.2, 0) is 0 Å². The molecule has 0 saturated heterocycles. The van der Waals surface area contributed by atoms with Crippen molar-refractivity contribution in [2.24, 2.45) is 0 Å². The van der Waals surface area contributed by atoms with E-state index in [2.05, 4.69) is 15.6 Å². The molecule has 4 nitrogen and oxygen atoms in total. The maximum atomic E-state index is 12.1. The lowest BCUT2D eigenvalue weighted by Crippen LogP contribution is -2.30. The van der Waals surface area contributed by atoms with Crippen molar-refractivity contribution in [3.63, 3.8) is 0 Å². The van der Waals surface area contributed by atoms with Gasteiger partial charge in [0, 0.05) is 24.2 Å². The van der Waals surface area contributed by atoms with Crippen molar-refractivity contribution < 1.29 is 4.79 Å². The molecule has 1 heterocycles. The van der Waals surface area contributed by atoms with Crippen LogP contribution in [0.25, 0.3) is 10.9 Å². The lowest BCUT2D eigenvalue weighted by Gasteiger charge is -2.08. The van der Waals surface area contributed by atoms with Crippen molar-refractivity contribution >= 4 is 16.8 Å². The number of carbonyl (C=O) groups is 1. The first-order valence-corrected chi connectivity index (χ1v) is 6.01. The molecule has 0 aliphatic carbocycles. The Hall–Kier alpha value is -1.94. The third-order valence-corrected chi connectivity index (χ3v) is 2.75. The number of para-hydroxylation sites is 1. The number of hydrogen-bond donors (Lipinski definition) is 2. The van der Waals surface area contributed by atoms with E-state index in [0.717, 1.165) is 23.1 Å². The Morgan fingerprint density at radius 3 is 2.83 bits per heavy atom. The molecule has 4 heteroatoms. The van der Waals surface area contributed by atoms with Crippen LogP contribution < -0.4 is 10.6 Å². The minimum atomic E-state index is -0.0491. The number of nitrogens with one attached hydrogen (secondary N) is 2. The van der Waals surface area contributed by atoms with Gasteiger partial charge in [0.25, 0.3) is 5.91 Å². The Labute approximate surface area is 106 Å². The van der Waals surface area contributed by atoms with Crippen LogP contribution in [0.1, 0.15) is 16.1 Å². The van der Waals surface area contributed by atoms with E-state index in [1.165, 1.54) is 0 Å². The molecule has 0 fully saturated rings. The van der Waals surface area contributed by atoms with E-state index in [1.807, 2.05) is 44.3 Å². The van der Waals surface area contributed by atoms with Crippen LogP contribution in [0.3, 0.4) is 0 Å². The zero-order valence-corrected chi connectivity index (χ0v) is 10.7. The van der Waals surface area contributed by atoms with Crippen molar-refractivity contribution in [3.05, 3.63) is 41.6 Å². The van der Waals surface area contributed by atoms with Crippen LogP contribution in [0.2, 0.25) is 0 Å². The normalized spacial score (nSPS) is 10.6. The fraction of sp³-hybridized carbons (Fsp3) is 0.286. The summed E-state index contributed by atoms with van der Waals surface area (Å²) < 4.78 is 0. The number of hydrogen-bond acceptors (Lipinski definition) is 3. The number of likely N-dealkylation sites (N-methyl/N-ethyl adjacent to an activating group) is 1. The lowest BCUT2D eigenvalue weighted by atomic mass is 10.1. The molecule has 0 saturated carbocycles. The van der Waals surface area contributed by atoms with Gasteiger partial charge in [-0.15, -0.1) is 0 Å². The second kappa shape index (κ2) is 5.60. The summed E-state index contributed by atoms with van der Waals surface area (Å²) in [5, 5.41) is 6.78. The molecular formula is C14H17N3O. The van der Waals surface area contributed by atoms with Crippen molar-refractivity contribution in [1.29, 1.82) is 0 Å². The molecule has 0 radical (unpaired) electrons. The monoisotopic (exact) mass is 243 g/mol. The van der Waals surface area contributed by atoms with E-state index in [9.17, 15) is 4.79 Å². The van der Waals surface area contributed by atoms with Gasteiger partial charge in [0.2, 0.25) is 0 Å². The van der Waals surface area contributed by atoms with Gasteiger partial charge in [0.05, 0.1) is 11.1 Å². The molecule has 18 heavy (non-hydrogen) atoms. The van der Waals surface area contributed by atoms with Crippen LogP contribution in [0.4, 0.5) is 0 Å². The molecule has 1 aromatic carbocycles. The van der Waals surface area contributed by atoms with Gasteiger partial charge in [0.1, 0.15) is 0 Å². The molecule has 0 atom stereocenters. The number of amides is 1. The van der Waals surface area contributed by atoms with Crippen LogP contribution >= 0.6 is 0 Å². The standard InChI is InChI=1S/C14H17N3O/c1-10-9-12(14(18)16-8-7-15-2)11-5-3-4-6-13(11)17-10/h3-6,9,15H,7-8H2,1-2H3,(H,16,18). The minimum Gasteiger partial charge on any atom is -0.351 e. The van der Waals surface area contributed by atoms with Gasteiger partial charge in [0.15, 0.2) is 0 Å². The van der Waals surface area contributed by atoms with E-state index >= 15 is 0 Å². The first-order valence-electron chi connectivity index (χ1n) is 6.01. The molecule has 0 unspecified atom stereocenters. The molecule has 0 aliphatic rings. The quantitative estimate of drug-likeness (QED) is 0.800. The maximum Gasteiger partial charge on any atom is 0.252 e. The largest absolute Gasteiger partial charge is 0.351 e. The number of rotatable bonds is 4. The van der Waals surface area contributed by atoms with E-state index in [1.54, 1.807) is 0 Å². The highest BCUT2D eigenvalue weighted by atomic mass is 16.1. The molecule has 0 bridgehead atoms. The second-order valence-corrected chi connectivity index (χ2v) is 4.19. The summed E-state index contributed by atoms with van der Waals surface area (Å²) in [6.45, 7) is 3.27. The molecule has 2 N–H and O–H groups in total. The fourth-order valence-electron chi connectivity index (χ4n) is 1.89. The predicted octanol–water partition coefficient (Wildman–Crippen LogP) is 1.49. The van der Waals surface area contributed by atoms with Gasteiger partial charge in [-0.3, -0.25) is 9.78 Å².